The Balaban J connectivity index is 0.000000896. The van der Waals surface area contributed by atoms with E-state index in [1.54, 1.807) is 0 Å². The molecule has 0 fully saturated rings. The maximum absolute atomic E-state index is 11.7. The van der Waals surface area contributed by atoms with Crippen LogP contribution in [0.5, 0.6) is 5.75 Å². The van der Waals surface area contributed by atoms with Crippen LogP contribution in [0.25, 0.3) is 0 Å². The lowest BCUT2D eigenvalue weighted by atomic mass is 10.2. The molecule has 0 saturated carbocycles. The lowest BCUT2D eigenvalue weighted by molar-refractivity contribution is -0.384. The molecular formula is C15H21N3O8. The summed E-state index contributed by atoms with van der Waals surface area (Å²) < 4.78 is 5.07. The Morgan fingerprint density at radius 3 is 2.31 bits per heavy atom. The molecule has 11 heteroatoms. The Morgan fingerprint density at radius 1 is 1.23 bits per heavy atom. The molecular weight excluding hydrogens is 350 g/mol. The third-order valence-electron chi connectivity index (χ3n) is 2.84. The number of methoxy groups -OCH3 is 1. The maximum Gasteiger partial charge on any atom is 0.414 e. The van der Waals surface area contributed by atoms with E-state index in [0.717, 1.165) is 19.4 Å². The molecule has 0 unspecified atom stereocenters. The van der Waals surface area contributed by atoms with Crippen LogP contribution in [0.3, 0.4) is 0 Å². The van der Waals surface area contributed by atoms with Crippen LogP contribution in [0.2, 0.25) is 0 Å². The molecule has 26 heavy (non-hydrogen) atoms. The fourth-order valence-electron chi connectivity index (χ4n) is 1.61. The summed E-state index contributed by atoms with van der Waals surface area (Å²) in [4.78, 5) is 40.1. The molecule has 1 rings (SSSR count). The number of ether oxygens (including phenoxy) is 1. The highest BCUT2D eigenvalue weighted by Crippen LogP contribution is 2.28. The van der Waals surface area contributed by atoms with Crippen LogP contribution in [0.15, 0.2) is 18.2 Å². The van der Waals surface area contributed by atoms with Gasteiger partial charge in [0.05, 0.1) is 24.3 Å². The molecule has 0 aliphatic heterocycles. The topological polar surface area (TPSA) is 168 Å². The van der Waals surface area contributed by atoms with Crippen molar-refractivity contribution in [3.63, 3.8) is 0 Å². The second-order valence-corrected chi connectivity index (χ2v) is 4.83. The number of amides is 1. The quantitative estimate of drug-likeness (QED) is 0.226. The number of carbonyl (C=O) groups excluding carboxylic acids is 1. The van der Waals surface area contributed by atoms with Crippen LogP contribution in [0, 0.1) is 10.1 Å². The first-order valence-corrected chi connectivity index (χ1v) is 7.52. The third-order valence-corrected chi connectivity index (χ3v) is 2.84. The number of nitrogens with one attached hydrogen (secondary N) is 2. The molecule has 0 atom stereocenters. The van der Waals surface area contributed by atoms with Crippen molar-refractivity contribution in [2.24, 2.45) is 0 Å². The molecule has 1 aromatic rings. The normalized spacial score (nSPS) is 9.46. The maximum atomic E-state index is 11.7. The standard InChI is InChI=1S/C13H19N3O4.C2H2O4/c1-3-4-7-14-9-13(17)15-11-8-10(16(18)19)5-6-12(11)20-2;3-1(4)2(5)6/h5-6,8,14H,3-4,7,9H2,1-2H3,(H,15,17);(H,3,4)(H,5,6). The van der Waals surface area contributed by atoms with Gasteiger partial charge >= 0.3 is 11.9 Å². The Labute approximate surface area is 149 Å². The highest BCUT2D eigenvalue weighted by atomic mass is 16.6. The lowest BCUT2D eigenvalue weighted by Crippen LogP contribution is -2.28. The van der Waals surface area contributed by atoms with Gasteiger partial charge in [0.1, 0.15) is 5.75 Å². The first-order chi connectivity index (χ1) is 12.2. The minimum absolute atomic E-state index is 0.0972. The number of carboxylic acid groups (broad SMARTS) is 2. The Hall–Kier alpha value is -3.21. The number of carbonyl (C=O) groups is 3. The number of anilines is 1. The van der Waals surface area contributed by atoms with E-state index in [1.807, 2.05) is 0 Å². The van der Waals surface area contributed by atoms with Crippen LogP contribution in [-0.4, -0.2) is 53.2 Å². The summed E-state index contributed by atoms with van der Waals surface area (Å²) in [6.45, 7) is 2.98. The number of hydrogen-bond acceptors (Lipinski definition) is 7. The van der Waals surface area contributed by atoms with Gasteiger partial charge in [-0.2, -0.15) is 0 Å². The summed E-state index contributed by atoms with van der Waals surface area (Å²) in [6, 6.07) is 4.06. The molecule has 144 valence electrons. The number of aliphatic carboxylic acids is 2. The van der Waals surface area contributed by atoms with Gasteiger partial charge in [0.15, 0.2) is 0 Å². The van der Waals surface area contributed by atoms with Crippen molar-refractivity contribution >= 4 is 29.2 Å². The molecule has 0 aromatic heterocycles. The number of nitro benzene ring substituents is 1. The Kier molecular flexibility index (Phi) is 10.7. The van der Waals surface area contributed by atoms with Gasteiger partial charge in [-0.15, -0.1) is 0 Å². The predicted octanol–water partition coefficient (Wildman–Crippen LogP) is 1.09. The Bertz CT molecular complexity index is 636. The molecule has 0 bridgehead atoms. The molecule has 0 saturated heterocycles. The van der Waals surface area contributed by atoms with Crippen molar-refractivity contribution in [2.45, 2.75) is 19.8 Å². The molecule has 1 aromatic carbocycles. The number of hydrogen-bond donors (Lipinski definition) is 4. The van der Waals surface area contributed by atoms with Crippen molar-refractivity contribution in [1.29, 1.82) is 0 Å². The number of nitrogens with zero attached hydrogens (tertiary/aromatic N) is 1. The highest BCUT2D eigenvalue weighted by molar-refractivity contribution is 6.27. The summed E-state index contributed by atoms with van der Waals surface area (Å²) in [5.41, 5.74) is 0.198. The van der Waals surface area contributed by atoms with Crippen molar-refractivity contribution in [1.82, 2.24) is 5.32 Å². The molecule has 0 aliphatic carbocycles. The average molecular weight is 371 g/mol. The summed E-state index contributed by atoms with van der Waals surface area (Å²) in [5, 5.41) is 31.1. The SMILES string of the molecule is CCCCNCC(=O)Nc1cc([N+](=O)[O-])ccc1OC.O=C(O)C(=O)O. The van der Waals surface area contributed by atoms with E-state index in [1.165, 1.54) is 25.3 Å². The number of unbranched alkanes of at least 4 members (excludes halogenated alkanes) is 1. The van der Waals surface area contributed by atoms with Gasteiger partial charge in [-0.05, 0) is 19.0 Å². The van der Waals surface area contributed by atoms with E-state index in [2.05, 4.69) is 17.6 Å². The summed E-state index contributed by atoms with van der Waals surface area (Å²) in [5.74, 6) is -3.53. The first kappa shape index (κ1) is 22.8. The van der Waals surface area contributed by atoms with E-state index in [-0.39, 0.29) is 18.1 Å². The smallest absolute Gasteiger partial charge is 0.414 e. The fourth-order valence-corrected chi connectivity index (χ4v) is 1.61. The van der Waals surface area contributed by atoms with Crippen molar-refractivity contribution < 1.29 is 34.3 Å². The summed E-state index contributed by atoms with van der Waals surface area (Å²) in [6.07, 6.45) is 2.04. The van der Waals surface area contributed by atoms with Gasteiger partial charge in [-0.25, -0.2) is 9.59 Å². The van der Waals surface area contributed by atoms with Crippen LogP contribution in [0.4, 0.5) is 11.4 Å². The predicted molar refractivity (Wildman–Crippen MR) is 91.3 cm³/mol. The van der Waals surface area contributed by atoms with Gasteiger partial charge < -0.3 is 25.6 Å². The van der Waals surface area contributed by atoms with Gasteiger partial charge in [0.25, 0.3) is 5.69 Å². The summed E-state index contributed by atoms with van der Waals surface area (Å²) >= 11 is 0. The van der Waals surface area contributed by atoms with E-state index >= 15 is 0 Å². The van der Waals surface area contributed by atoms with Crippen LogP contribution in [-0.2, 0) is 14.4 Å². The number of carboxylic acids is 2. The second kappa shape index (κ2) is 12.2. The van der Waals surface area contributed by atoms with Crippen molar-refractivity contribution in [3.05, 3.63) is 28.3 Å². The molecule has 1 amide bonds. The molecule has 4 N–H and O–H groups in total. The van der Waals surface area contributed by atoms with Gasteiger partial charge in [0, 0.05) is 12.1 Å². The fraction of sp³-hybridized carbons (Fsp3) is 0.400. The number of benzene rings is 1. The van der Waals surface area contributed by atoms with Crippen molar-refractivity contribution in [2.75, 3.05) is 25.5 Å². The number of nitro groups is 1. The molecule has 0 radical (unpaired) electrons. The summed E-state index contributed by atoms with van der Waals surface area (Å²) in [7, 11) is 1.44. The van der Waals surface area contributed by atoms with Crippen LogP contribution >= 0.6 is 0 Å². The van der Waals surface area contributed by atoms with Gasteiger partial charge in [-0.1, -0.05) is 13.3 Å². The zero-order valence-corrected chi connectivity index (χ0v) is 14.4. The first-order valence-electron chi connectivity index (χ1n) is 7.52. The van der Waals surface area contributed by atoms with Gasteiger partial charge in [-0.3, -0.25) is 14.9 Å². The van der Waals surface area contributed by atoms with Crippen LogP contribution in [0.1, 0.15) is 19.8 Å². The minimum Gasteiger partial charge on any atom is -0.495 e. The van der Waals surface area contributed by atoms with Crippen LogP contribution < -0.4 is 15.4 Å². The zero-order chi connectivity index (χ0) is 20.1. The average Bonchev–Trinajstić information content (AvgIpc) is 2.59. The Morgan fingerprint density at radius 2 is 1.85 bits per heavy atom. The molecule has 11 nitrogen and oxygen atoms in total. The van der Waals surface area contributed by atoms with Gasteiger partial charge in [0.2, 0.25) is 5.91 Å². The minimum atomic E-state index is -1.82. The third kappa shape index (κ3) is 9.17. The van der Waals surface area contributed by atoms with Crippen molar-refractivity contribution in [3.8, 4) is 5.75 Å². The monoisotopic (exact) mass is 371 g/mol. The van der Waals surface area contributed by atoms with E-state index in [9.17, 15) is 14.9 Å². The van der Waals surface area contributed by atoms with E-state index in [4.69, 9.17) is 24.5 Å². The molecule has 0 heterocycles. The van der Waals surface area contributed by atoms with E-state index < -0.39 is 16.9 Å². The number of rotatable bonds is 8. The lowest BCUT2D eigenvalue weighted by Gasteiger charge is -2.10. The zero-order valence-electron chi connectivity index (χ0n) is 14.4. The highest BCUT2D eigenvalue weighted by Gasteiger charge is 2.13. The second-order valence-electron chi connectivity index (χ2n) is 4.83. The largest absolute Gasteiger partial charge is 0.495 e. The number of non-ortho nitro benzene ring substituents is 1. The molecule has 0 aliphatic rings. The molecule has 0 spiro atoms. The van der Waals surface area contributed by atoms with E-state index in [0.29, 0.717) is 11.4 Å².